The average Bonchev–Trinajstić information content (AvgIpc) is 3.43. The summed E-state index contributed by atoms with van der Waals surface area (Å²) in [5, 5.41) is 9.05. The summed E-state index contributed by atoms with van der Waals surface area (Å²) in [7, 11) is 0. The second kappa shape index (κ2) is 14.9. The first kappa shape index (κ1) is 34.1. The molecule has 2 fully saturated rings. The Morgan fingerprint density at radius 3 is 2.33 bits per heavy atom. The maximum Gasteiger partial charge on any atom is 0.286 e. The molecule has 1 aromatic heterocycles. The molecule has 1 aliphatic carbocycles. The Morgan fingerprint density at radius 2 is 1.71 bits per heavy atom. The van der Waals surface area contributed by atoms with Gasteiger partial charge < -0.3 is 49.7 Å². The van der Waals surface area contributed by atoms with Gasteiger partial charge in [0.1, 0.15) is 11.7 Å². The van der Waals surface area contributed by atoms with Gasteiger partial charge in [0.15, 0.2) is 0 Å². The molecule has 45 heavy (non-hydrogen) atoms. The maximum atomic E-state index is 13.6. The molecule has 6 N–H and O–H groups in total. The van der Waals surface area contributed by atoms with Crippen LogP contribution in [-0.4, -0.2) is 75.9 Å². The normalized spacial score (nSPS) is 17.7. The predicted molar refractivity (Wildman–Crippen MR) is 164 cm³/mol. The second-order valence-electron chi connectivity index (χ2n) is 12.0. The number of Topliss-reactive ketones (excluding diaryl/α,β-unsaturated/α-hetero) is 1. The number of hydrogen-bond donors (Lipinski definition) is 5. The van der Waals surface area contributed by atoms with Crippen molar-refractivity contribution in [3.63, 3.8) is 0 Å². The minimum absolute atomic E-state index is 0. The van der Waals surface area contributed by atoms with Gasteiger partial charge in [-0.25, -0.2) is 0 Å². The van der Waals surface area contributed by atoms with Crippen molar-refractivity contribution in [1.82, 2.24) is 25.8 Å². The van der Waals surface area contributed by atoms with Crippen molar-refractivity contribution in [2.75, 3.05) is 13.1 Å². The van der Waals surface area contributed by atoms with Gasteiger partial charge in [0.2, 0.25) is 17.6 Å². The first-order chi connectivity index (χ1) is 20.9. The number of benzene rings is 1. The molecule has 1 radical (unpaired) electrons. The first-order valence-corrected chi connectivity index (χ1v) is 15.2. The molecule has 1 saturated heterocycles. The monoisotopic (exact) mass is 868 g/mol. The fourth-order valence-electron chi connectivity index (χ4n) is 6.01. The van der Waals surface area contributed by atoms with Gasteiger partial charge in [-0.15, -0.1) is 6.42 Å². The Bertz CT molecular complexity index is 1360. The maximum absolute atomic E-state index is 13.6. The second-order valence-corrected chi connectivity index (χ2v) is 12.0. The van der Waals surface area contributed by atoms with Crippen LogP contribution in [0.2, 0.25) is 0 Å². The zero-order valence-corrected chi connectivity index (χ0v) is 27.6. The molecule has 1 aromatic carbocycles. The van der Waals surface area contributed by atoms with Crippen LogP contribution < -0.4 is 21.7 Å². The molecule has 12 nitrogen and oxygen atoms in total. The number of ketones is 1. The van der Waals surface area contributed by atoms with Gasteiger partial charge in [0.25, 0.3) is 11.8 Å². The molecule has 5 amide bonds. The van der Waals surface area contributed by atoms with Crippen molar-refractivity contribution in [1.29, 1.82) is 0 Å². The van der Waals surface area contributed by atoms with Gasteiger partial charge in [-0.1, -0.05) is 55.8 Å². The summed E-state index contributed by atoms with van der Waals surface area (Å²) in [6.45, 7) is 6.49. The summed E-state index contributed by atoms with van der Waals surface area (Å²) in [6.07, 6.45) is 7.16. The number of rotatable bonds is 12. The SMILES string of the molecule is [CH2-]C1(NC(=O)[CH-]C[C@H](NC(=O)[C@H](CC2CCCCC2)NC(=O)c2cc3ccccc3[nH]2)C(=O)C(N)=O)CCN(C(C)=O)CC1.[Lr]. The number of nitrogens with zero attached hydrogens (tertiary/aromatic N) is 1. The smallest absolute Gasteiger partial charge is 0.286 e. The minimum atomic E-state index is -1.40. The Labute approximate surface area is 257 Å². The predicted octanol–water partition coefficient (Wildman–Crippen LogP) is 1.70. The number of likely N-dealkylation sites (tertiary alicyclic amines) is 1. The van der Waals surface area contributed by atoms with E-state index in [1.165, 1.54) is 13.3 Å². The van der Waals surface area contributed by atoms with Crippen LogP contribution >= 0.6 is 0 Å². The van der Waals surface area contributed by atoms with Crippen molar-refractivity contribution >= 4 is 46.2 Å². The number of aromatic amines is 1. The van der Waals surface area contributed by atoms with Crippen molar-refractivity contribution < 1.29 is 28.8 Å². The molecule has 1 aliphatic heterocycles. The van der Waals surface area contributed by atoms with Crippen LogP contribution in [0, 0.1) is 19.3 Å². The third-order valence-electron chi connectivity index (χ3n) is 8.66. The van der Waals surface area contributed by atoms with E-state index in [-0.39, 0.29) is 18.2 Å². The van der Waals surface area contributed by atoms with E-state index in [0.717, 1.165) is 43.0 Å². The number of primary amides is 1. The molecule has 253 valence electrons. The molecule has 2 aromatic rings. The van der Waals surface area contributed by atoms with Crippen molar-refractivity contribution in [3.8, 4) is 0 Å². The van der Waals surface area contributed by atoms with E-state index in [0.29, 0.717) is 38.0 Å². The fraction of sp³-hybridized carbons (Fsp3) is 0.500. The number of carbonyl (C=O) groups excluding carboxylic acids is 6. The third-order valence-corrected chi connectivity index (χ3v) is 8.66. The first-order valence-electron chi connectivity index (χ1n) is 15.2. The average molecular weight is 869 g/mol. The Kier molecular flexibility index (Phi) is 11.3. The molecule has 0 unspecified atom stereocenters. The number of nitrogens with two attached hydrogens (primary N) is 1. The van der Waals surface area contributed by atoms with Gasteiger partial charge in [0, 0.05) is 30.9 Å². The van der Waals surface area contributed by atoms with Gasteiger partial charge >= 0.3 is 0 Å². The molecule has 2 heterocycles. The van der Waals surface area contributed by atoms with E-state index >= 15 is 0 Å². The van der Waals surface area contributed by atoms with Crippen LogP contribution in [0.4, 0.5) is 0 Å². The molecule has 0 bridgehead atoms. The van der Waals surface area contributed by atoms with Gasteiger partial charge in [0.05, 0.1) is 11.9 Å². The number of fused-ring (bicyclic) bond motifs is 1. The topological polar surface area (TPSA) is 184 Å². The largest absolute Gasteiger partial charge is 0.405 e. The molecular formula is C32H42LrN6O6-2. The summed E-state index contributed by atoms with van der Waals surface area (Å²) >= 11 is 0. The van der Waals surface area contributed by atoms with E-state index in [4.69, 9.17) is 5.73 Å². The summed E-state index contributed by atoms with van der Waals surface area (Å²) in [4.78, 5) is 80.6. The fourth-order valence-corrected chi connectivity index (χ4v) is 6.01. The zero-order valence-electron chi connectivity index (χ0n) is 25.4. The Morgan fingerprint density at radius 1 is 1.04 bits per heavy atom. The molecular weight excluding hydrogens is 826 g/mol. The standard InChI is InChI=1S/C32H42N6O6.Lr/c1-20(39)38-16-14-32(2,15-17-38)37-27(40)13-12-24(28(41)29(33)42)35-30(43)25(18-21-8-4-3-5-9-21)36-31(44)26-19-22-10-6-7-11-23(22)34-26;/h6-7,10-11,13,19,21,24-25,34H,2-5,8-9,12,14-18H2,1H3,(H2,33,42)(H,35,43)(H,36,44)(H,37,40);/q-2;/t24-,25-;/m0./s1. The summed E-state index contributed by atoms with van der Waals surface area (Å²) in [6, 6.07) is 6.74. The molecule has 13 heteroatoms. The summed E-state index contributed by atoms with van der Waals surface area (Å²) in [5.41, 5.74) is 5.54. The van der Waals surface area contributed by atoms with Crippen LogP contribution in [0.15, 0.2) is 30.3 Å². The van der Waals surface area contributed by atoms with Gasteiger partial charge in [-0.05, 0) is 37.3 Å². The summed E-state index contributed by atoms with van der Waals surface area (Å²) in [5.74, 6) is -3.80. The molecule has 4 rings (SSSR count). The van der Waals surface area contributed by atoms with E-state index in [9.17, 15) is 28.8 Å². The van der Waals surface area contributed by atoms with Crippen LogP contribution in [-0.2, 0) is 24.0 Å². The van der Waals surface area contributed by atoms with Gasteiger partial charge in [-0.2, -0.15) is 0 Å². The van der Waals surface area contributed by atoms with Crippen LogP contribution in [0.5, 0.6) is 0 Å². The Hall–Kier alpha value is -5.35. The number of aromatic nitrogens is 1. The van der Waals surface area contributed by atoms with Crippen LogP contribution in [0.3, 0.4) is 0 Å². The Balaban J connectivity index is 0.00000552. The molecule has 2 aliphatic rings. The number of amides is 5. The van der Waals surface area contributed by atoms with E-state index in [1.807, 2.05) is 24.3 Å². The zero-order chi connectivity index (χ0) is 31.9. The van der Waals surface area contributed by atoms with Crippen molar-refractivity contribution in [2.45, 2.75) is 82.3 Å². The third kappa shape index (κ3) is 9.07. The van der Waals surface area contributed by atoms with E-state index in [1.54, 1.807) is 11.0 Å². The molecule has 2 atom stereocenters. The number of para-hydroxylation sites is 1. The number of H-pyrrole nitrogens is 1. The van der Waals surface area contributed by atoms with Crippen molar-refractivity contribution in [3.05, 3.63) is 49.4 Å². The number of hydrogen-bond acceptors (Lipinski definition) is 6. The van der Waals surface area contributed by atoms with Crippen LogP contribution in [0.25, 0.3) is 10.9 Å². The number of nitrogens with one attached hydrogen (secondary N) is 4. The quantitative estimate of drug-likeness (QED) is 0.160. The van der Waals surface area contributed by atoms with Crippen LogP contribution in [0.1, 0.15) is 75.2 Å². The summed E-state index contributed by atoms with van der Waals surface area (Å²) < 4.78 is 0. The molecule has 0 spiro atoms. The van der Waals surface area contributed by atoms with Crippen molar-refractivity contribution in [2.24, 2.45) is 11.7 Å². The van der Waals surface area contributed by atoms with E-state index < -0.39 is 47.0 Å². The van der Waals surface area contributed by atoms with Gasteiger partial charge in [-0.3, -0.25) is 24.0 Å². The minimum Gasteiger partial charge on any atom is -0.405 e. The molecule has 1 saturated carbocycles. The number of piperidine rings is 1. The number of carbonyl (C=O) groups is 6. The van der Waals surface area contributed by atoms with E-state index in [2.05, 4.69) is 27.9 Å².